The Hall–Kier alpha value is -3.41. The van der Waals surface area contributed by atoms with E-state index >= 15 is 0 Å². The van der Waals surface area contributed by atoms with Crippen LogP contribution in [0.15, 0.2) is 66.9 Å². The molecule has 3 aromatic rings. The van der Waals surface area contributed by atoms with Crippen molar-refractivity contribution in [1.82, 2.24) is 20.4 Å². The van der Waals surface area contributed by atoms with E-state index < -0.39 is 0 Å². The van der Waals surface area contributed by atoms with Crippen molar-refractivity contribution in [2.24, 2.45) is 0 Å². The molecule has 2 aromatic carbocycles. The number of benzene rings is 2. The Kier molecular flexibility index (Phi) is 5.70. The summed E-state index contributed by atoms with van der Waals surface area (Å²) in [6.45, 7) is 1.35. The molecule has 0 radical (unpaired) electrons. The van der Waals surface area contributed by atoms with Crippen molar-refractivity contribution in [3.63, 3.8) is 0 Å². The fourth-order valence-electron chi connectivity index (χ4n) is 3.85. The Bertz CT molecular complexity index is 969. The first-order chi connectivity index (χ1) is 14.2. The summed E-state index contributed by atoms with van der Waals surface area (Å²) in [5, 5.41) is 10.1. The zero-order valence-electron chi connectivity index (χ0n) is 16.2. The van der Waals surface area contributed by atoms with Crippen LogP contribution in [0.5, 0.6) is 0 Å². The first kappa shape index (κ1) is 18.9. The molecular formula is C23H24N4O2. The maximum atomic E-state index is 12.7. The molecule has 6 heteroatoms. The normalized spacial score (nSPS) is 16.4. The van der Waals surface area contributed by atoms with Crippen LogP contribution in [0.25, 0.3) is 11.1 Å². The molecule has 0 bridgehead atoms. The van der Waals surface area contributed by atoms with Crippen molar-refractivity contribution in [1.29, 1.82) is 0 Å². The van der Waals surface area contributed by atoms with Crippen molar-refractivity contribution in [3.8, 4) is 11.1 Å². The van der Waals surface area contributed by atoms with Crippen molar-refractivity contribution >= 4 is 11.8 Å². The zero-order chi connectivity index (χ0) is 20.1. The Morgan fingerprint density at radius 3 is 2.55 bits per heavy atom. The molecule has 1 aliphatic rings. The Balaban J connectivity index is 1.39. The average Bonchev–Trinajstić information content (AvgIpc) is 3.28. The van der Waals surface area contributed by atoms with Gasteiger partial charge in [0.1, 0.15) is 0 Å². The number of rotatable bonds is 5. The molecule has 0 aliphatic carbocycles. The molecule has 2 heterocycles. The fourth-order valence-corrected chi connectivity index (χ4v) is 3.85. The highest BCUT2D eigenvalue weighted by Gasteiger charge is 2.27. The average molecular weight is 388 g/mol. The van der Waals surface area contributed by atoms with Gasteiger partial charge in [-0.2, -0.15) is 5.10 Å². The lowest BCUT2D eigenvalue weighted by Gasteiger charge is -2.33. The predicted octanol–water partition coefficient (Wildman–Crippen LogP) is 3.21. The van der Waals surface area contributed by atoms with Gasteiger partial charge in [0.05, 0.1) is 12.7 Å². The number of amides is 2. The standard InChI is InChI=1S/C23H24N4O2/c28-21(15-24-23(29)18-10-5-2-6-11-18)27-13-7-12-19(16-27)22-20(14-25-26-22)17-8-3-1-4-9-17/h1-6,8-11,14,19H,7,12-13,15-16H2,(H,24,29)(H,25,26)/t19-/m1/s1. The number of carbonyl (C=O) groups excluding carboxylic acids is 2. The monoisotopic (exact) mass is 388 g/mol. The number of carbonyl (C=O) groups is 2. The zero-order valence-corrected chi connectivity index (χ0v) is 16.2. The molecular weight excluding hydrogens is 364 g/mol. The fraction of sp³-hybridized carbons (Fsp3) is 0.261. The first-order valence-electron chi connectivity index (χ1n) is 9.92. The maximum Gasteiger partial charge on any atom is 0.251 e. The number of nitrogens with one attached hydrogen (secondary N) is 2. The third-order valence-corrected chi connectivity index (χ3v) is 5.37. The second-order valence-electron chi connectivity index (χ2n) is 7.29. The SMILES string of the molecule is O=C(NCC(=O)N1CCC[C@@H](c2[nH]ncc2-c2ccccc2)C1)c1ccccc1. The number of piperidine rings is 1. The molecule has 1 aliphatic heterocycles. The number of likely N-dealkylation sites (tertiary alicyclic amines) is 1. The molecule has 29 heavy (non-hydrogen) atoms. The Labute approximate surface area is 169 Å². The van der Waals surface area contributed by atoms with Gasteiger partial charge in [-0.05, 0) is 30.5 Å². The summed E-state index contributed by atoms with van der Waals surface area (Å²) in [6.07, 6.45) is 3.78. The van der Waals surface area contributed by atoms with Gasteiger partial charge < -0.3 is 10.2 Å². The smallest absolute Gasteiger partial charge is 0.251 e. The van der Waals surface area contributed by atoms with Gasteiger partial charge in [-0.25, -0.2) is 0 Å². The lowest BCUT2D eigenvalue weighted by molar-refractivity contribution is -0.131. The van der Waals surface area contributed by atoms with E-state index in [9.17, 15) is 9.59 Å². The molecule has 6 nitrogen and oxygen atoms in total. The van der Waals surface area contributed by atoms with Crippen molar-refractivity contribution in [2.45, 2.75) is 18.8 Å². The molecule has 0 saturated carbocycles. The predicted molar refractivity (Wildman–Crippen MR) is 111 cm³/mol. The van der Waals surface area contributed by atoms with E-state index in [2.05, 4.69) is 27.6 Å². The highest BCUT2D eigenvalue weighted by molar-refractivity contribution is 5.96. The summed E-state index contributed by atoms with van der Waals surface area (Å²) in [4.78, 5) is 26.7. The van der Waals surface area contributed by atoms with Gasteiger partial charge in [0.15, 0.2) is 0 Å². The van der Waals surface area contributed by atoms with Gasteiger partial charge in [-0.1, -0.05) is 48.5 Å². The molecule has 1 aromatic heterocycles. The van der Waals surface area contributed by atoms with Crippen LogP contribution in [0.3, 0.4) is 0 Å². The molecule has 2 N–H and O–H groups in total. The summed E-state index contributed by atoms with van der Waals surface area (Å²) >= 11 is 0. The van der Waals surface area contributed by atoms with E-state index in [-0.39, 0.29) is 24.3 Å². The molecule has 0 spiro atoms. The summed E-state index contributed by atoms with van der Waals surface area (Å²) < 4.78 is 0. The lowest BCUT2D eigenvalue weighted by atomic mass is 9.90. The van der Waals surface area contributed by atoms with Crippen LogP contribution in [0.4, 0.5) is 0 Å². The number of H-pyrrole nitrogens is 1. The van der Waals surface area contributed by atoms with Crippen molar-refractivity contribution < 1.29 is 9.59 Å². The Morgan fingerprint density at radius 1 is 1.07 bits per heavy atom. The van der Waals surface area contributed by atoms with E-state index in [1.807, 2.05) is 35.4 Å². The van der Waals surface area contributed by atoms with Gasteiger partial charge >= 0.3 is 0 Å². The third kappa shape index (κ3) is 4.37. The van der Waals surface area contributed by atoms with Crippen LogP contribution in [0.1, 0.15) is 34.8 Å². The quantitative estimate of drug-likeness (QED) is 0.704. The molecule has 1 fully saturated rings. The molecule has 1 atom stereocenters. The van der Waals surface area contributed by atoms with Crippen LogP contribution in [-0.2, 0) is 4.79 Å². The number of aromatic nitrogens is 2. The summed E-state index contributed by atoms with van der Waals surface area (Å²) in [6, 6.07) is 19.1. The van der Waals surface area contributed by atoms with E-state index in [0.717, 1.165) is 29.7 Å². The van der Waals surface area contributed by atoms with Crippen molar-refractivity contribution in [2.75, 3.05) is 19.6 Å². The molecule has 0 unspecified atom stereocenters. The van der Waals surface area contributed by atoms with Crippen LogP contribution in [0.2, 0.25) is 0 Å². The highest BCUT2D eigenvalue weighted by Crippen LogP contribution is 2.32. The van der Waals surface area contributed by atoms with Crippen LogP contribution < -0.4 is 5.32 Å². The lowest BCUT2D eigenvalue weighted by Crippen LogP contribution is -2.44. The van der Waals surface area contributed by atoms with Crippen LogP contribution in [0, 0.1) is 0 Å². The molecule has 148 valence electrons. The second kappa shape index (κ2) is 8.73. The third-order valence-electron chi connectivity index (χ3n) is 5.37. The minimum absolute atomic E-state index is 0.00890. The topological polar surface area (TPSA) is 78.1 Å². The van der Waals surface area contributed by atoms with E-state index in [1.54, 1.807) is 24.3 Å². The van der Waals surface area contributed by atoms with E-state index in [0.29, 0.717) is 18.7 Å². The van der Waals surface area contributed by atoms with Gasteiger partial charge in [0.25, 0.3) is 5.91 Å². The maximum absolute atomic E-state index is 12.7. The summed E-state index contributed by atoms with van der Waals surface area (Å²) in [5.74, 6) is -0.0811. The number of hydrogen-bond acceptors (Lipinski definition) is 3. The largest absolute Gasteiger partial charge is 0.343 e. The minimum atomic E-state index is -0.229. The second-order valence-corrected chi connectivity index (χ2v) is 7.29. The molecule has 1 saturated heterocycles. The highest BCUT2D eigenvalue weighted by atomic mass is 16.2. The summed E-state index contributed by atoms with van der Waals surface area (Å²) in [7, 11) is 0. The molecule has 4 rings (SSSR count). The number of nitrogens with zero attached hydrogens (tertiary/aromatic N) is 2. The van der Waals surface area contributed by atoms with Gasteiger partial charge in [-0.3, -0.25) is 14.7 Å². The minimum Gasteiger partial charge on any atom is -0.343 e. The summed E-state index contributed by atoms with van der Waals surface area (Å²) in [5.41, 5.74) is 3.83. The number of hydrogen-bond donors (Lipinski definition) is 2. The number of aromatic amines is 1. The van der Waals surface area contributed by atoms with Gasteiger partial charge in [0, 0.05) is 35.8 Å². The van der Waals surface area contributed by atoms with E-state index in [4.69, 9.17) is 0 Å². The Morgan fingerprint density at radius 2 is 1.79 bits per heavy atom. The van der Waals surface area contributed by atoms with Crippen LogP contribution in [-0.4, -0.2) is 46.5 Å². The molecule has 2 amide bonds. The van der Waals surface area contributed by atoms with E-state index in [1.165, 1.54) is 0 Å². The van der Waals surface area contributed by atoms with Gasteiger partial charge in [-0.15, -0.1) is 0 Å². The first-order valence-corrected chi connectivity index (χ1v) is 9.92. The van der Waals surface area contributed by atoms with Crippen LogP contribution >= 0.6 is 0 Å². The van der Waals surface area contributed by atoms with Crippen molar-refractivity contribution in [3.05, 3.63) is 78.1 Å². The van der Waals surface area contributed by atoms with Gasteiger partial charge in [0.2, 0.25) is 5.91 Å².